The molecule has 4 heterocycles. The minimum absolute atomic E-state index is 0.0934. The molecule has 226 valence electrons. The number of para-hydroxylation sites is 1. The maximum absolute atomic E-state index is 5.64. The summed E-state index contributed by atoms with van der Waals surface area (Å²) in [4.78, 5) is 11.2. The number of benzene rings is 6. The van der Waals surface area contributed by atoms with E-state index in [4.69, 9.17) is 9.97 Å². The van der Waals surface area contributed by atoms with Crippen molar-refractivity contribution in [3.8, 4) is 50.6 Å². The summed E-state index contributed by atoms with van der Waals surface area (Å²) in [5.41, 5.74) is 14.7. The summed E-state index contributed by atoms with van der Waals surface area (Å²) in [6.07, 6.45) is 0. The summed E-state index contributed by atoms with van der Waals surface area (Å²) in [6.45, 7) is 7.24. The largest absolute Gasteiger partial charge is 0.308 e. The predicted octanol–water partition coefficient (Wildman–Crippen LogP) is 8.61. The van der Waals surface area contributed by atoms with Gasteiger partial charge in [0.2, 0.25) is 0 Å². The monoisotopic (exact) mass is 629 g/mol. The lowest BCUT2D eigenvalue weighted by atomic mass is 9.82. The Morgan fingerprint density at radius 1 is 0.604 bits per heavy atom. The molecular weight excluding hydrogens is 599 g/mol. The van der Waals surface area contributed by atoms with Crippen LogP contribution in [0, 0.1) is 0 Å². The molecule has 11 rings (SSSR count). The van der Waals surface area contributed by atoms with Crippen molar-refractivity contribution in [3.05, 3.63) is 145 Å². The Balaban J connectivity index is 1.36. The highest BCUT2D eigenvalue weighted by Gasteiger charge is 2.47. The highest BCUT2D eigenvalue weighted by atomic mass is 28.3. The Hall–Kier alpha value is -5.58. The fourth-order valence-electron chi connectivity index (χ4n) is 9.27. The van der Waals surface area contributed by atoms with Crippen LogP contribution in [0.4, 0.5) is 0 Å². The Labute approximate surface area is 280 Å². The molecule has 3 aliphatic rings. The minimum Gasteiger partial charge on any atom is -0.308 e. The third-order valence-electron chi connectivity index (χ3n) is 11.6. The van der Waals surface area contributed by atoms with Crippen LogP contribution in [0.15, 0.2) is 133 Å². The number of hydrogen-bond acceptors (Lipinski definition) is 2. The van der Waals surface area contributed by atoms with Crippen LogP contribution in [0.1, 0.15) is 25.0 Å². The first-order chi connectivity index (χ1) is 23.5. The fourth-order valence-corrected chi connectivity index (χ4v) is 13.2. The van der Waals surface area contributed by atoms with Gasteiger partial charge in [0.15, 0.2) is 13.9 Å². The first kappa shape index (κ1) is 26.5. The van der Waals surface area contributed by atoms with Gasteiger partial charge in [-0.1, -0.05) is 136 Å². The molecule has 0 spiro atoms. The van der Waals surface area contributed by atoms with E-state index < -0.39 is 8.07 Å². The molecule has 2 aromatic heterocycles. The average molecular weight is 630 g/mol. The molecular formula is C44H31N3Si. The molecule has 1 atom stereocenters. The van der Waals surface area contributed by atoms with E-state index in [9.17, 15) is 0 Å². The molecule has 0 fully saturated rings. The lowest BCUT2D eigenvalue weighted by Crippen LogP contribution is -2.63. The number of fused-ring (bicyclic) bond motifs is 16. The number of hydrogen-bond donors (Lipinski definition) is 0. The molecule has 0 N–H and O–H groups in total. The molecule has 4 heteroatoms. The quantitative estimate of drug-likeness (QED) is 0.170. The fraction of sp³-hybridized carbons (Fsp3) is 0.0909. The van der Waals surface area contributed by atoms with E-state index in [1.165, 1.54) is 70.9 Å². The van der Waals surface area contributed by atoms with E-state index in [1.54, 1.807) is 0 Å². The normalized spacial score (nSPS) is 17.3. The summed E-state index contributed by atoms with van der Waals surface area (Å²) >= 11 is 0. The maximum atomic E-state index is 5.64. The van der Waals surface area contributed by atoms with Gasteiger partial charge in [0.1, 0.15) is 0 Å². The van der Waals surface area contributed by atoms with E-state index in [0.29, 0.717) is 0 Å². The predicted molar refractivity (Wildman–Crippen MR) is 201 cm³/mol. The van der Waals surface area contributed by atoms with E-state index >= 15 is 0 Å². The SMILES string of the molecule is CC1(C)c2ccccc2-c2c1ccc1c3ccc4cc3n(c21)-c1ccccc1-c1nc(-c2ccccc2)c2c(n1)[Si]4(C)c1ccccc1-2. The Bertz CT molecular complexity index is 2720. The summed E-state index contributed by atoms with van der Waals surface area (Å²) in [5, 5.41) is 6.58. The second kappa shape index (κ2) is 8.85. The van der Waals surface area contributed by atoms with Gasteiger partial charge in [-0.25, -0.2) is 9.97 Å². The molecule has 0 saturated carbocycles. The molecule has 0 saturated heterocycles. The van der Waals surface area contributed by atoms with Gasteiger partial charge in [0.25, 0.3) is 0 Å². The maximum Gasteiger partial charge on any atom is 0.170 e. The minimum atomic E-state index is -2.54. The summed E-state index contributed by atoms with van der Waals surface area (Å²) in [7, 11) is -2.54. The number of nitrogens with zero attached hydrogens (tertiary/aromatic N) is 3. The van der Waals surface area contributed by atoms with E-state index in [2.05, 4.69) is 158 Å². The van der Waals surface area contributed by atoms with Crippen LogP contribution in [-0.4, -0.2) is 22.6 Å². The molecule has 4 bridgehead atoms. The van der Waals surface area contributed by atoms with Gasteiger partial charge < -0.3 is 4.57 Å². The average Bonchev–Trinajstić information content (AvgIpc) is 3.69. The van der Waals surface area contributed by atoms with Crippen molar-refractivity contribution >= 4 is 45.6 Å². The van der Waals surface area contributed by atoms with Crippen molar-refractivity contribution in [2.75, 3.05) is 0 Å². The van der Waals surface area contributed by atoms with E-state index in [1.807, 2.05) is 0 Å². The van der Waals surface area contributed by atoms with Gasteiger partial charge in [-0.05, 0) is 50.8 Å². The molecule has 48 heavy (non-hydrogen) atoms. The van der Waals surface area contributed by atoms with Gasteiger partial charge >= 0.3 is 0 Å². The highest BCUT2D eigenvalue weighted by molar-refractivity contribution is 7.13. The third kappa shape index (κ3) is 3.05. The summed E-state index contributed by atoms with van der Waals surface area (Å²) < 4.78 is 2.55. The molecule has 0 radical (unpaired) electrons. The van der Waals surface area contributed by atoms with Gasteiger partial charge in [-0.15, -0.1) is 0 Å². The topological polar surface area (TPSA) is 30.7 Å². The summed E-state index contributed by atoms with van der Waals surface area (Å²) in [5.74, 6) is 0.795. The lowest BCUT2D eigenvalue weighted by molar-refractivity contribution is 0.661. The number of rotatable bonds is 1. The second-order valence-electron chi connectivity index (χ2n) is 14.3. The van der Waals surface area contributed by atoms with Gasteiger partial charge in [0.05, 0.1) is 22.4 Å². The van der Waals surface area contributed by atoms with Gasteiger partial charge in [0, 0.05) is 43.8 Å². The first-order valence-electron chi connectivity index (χ1n) is 16.9. The molecule has 2 aliphatic heterocycles. The zero-order chi connectivity index (χ0) is 31.9. The first-order valence-corrected chi connectivity index (χ1v) is 19.4. The molecule has 0 amide bonds. The van der Waals surface area contributed by atoms with Crippen molar-refractivity contribution in [2.45, 2.75) is 25.8 Å². The smallest absolute Gasteiger partial charge is 0.170 e. The van der Waals surface area contributed by atoms with Crippen LogP contribution in [0.5, 0.6) is 0 Å². The lowest BCUT2D eigenvalue weighted by Gasteiger charge is -2.27. The van der Waals surface area contributed by atoms with Gasteiger partial charge in [-0.3, -0.25) is 0 Å². The van der Waals surface area contributed by atoms with Crippen molar-refractivity contribution in [2.24, 2.45) is 0 Å². The van der Waals surface area contributed by atoms with Crippen molar-refractivity contribution in [1.29, 1.82) is 0 Å². The Kier molecular flexibility index (Phi) is 4.88. The zero-order valence-corrected chi connectivity index (χ0v) is 28.0. The second-order valence-corrected chi connectivity index (χ2v) is 18.1. The molecule has 1 unspecified atom stereocenters. The Morgan fingerprint density at radius 3 is 2.17 bits per heavy atom. The van der Waals surface area contributed by atoms with Crippen molar-refractivity contribution in [3.63, 3.8) is 0 Å². The van der Waals surface area contributed by atoms with Crippen LogP contribution >= 0.6 is 0 Å². The van der Waals surface area contributed by atoms with E-state index in [0.717, 1.165) is 28.3 Å². The van der Waals surface area contributed by atoms with Crippen molar-refractivity contribution in [1.82, 2.24) is 14.5 Å². The number of aromatic nitrogens is 3. The third-order valence-corrected chi connectivity index (χ3v) is 15.9. The summed E-state index contributed by atoms with van der Waals surface area (Å²) in [6, 6.07) is 49.5. The molecule has 1 aliphatic carbocycles. The van der Waals surface area contributed by atoms with Crippen LogP contribution < -0.4 is 15.7 Å². The van der Waals surface area contributed by atoms with Crippen LogP contribution in [-0.2, 0) is 5.41 Å². The molecule has 6 aromatic carbocycles. The highest BCUT2D eigenvalue weighted by Crippen LogP contribution is 2.53. The van der Waals surface area contributed by atoms with Crippen LogP contribution in [0.3, 0.4) is 0 Å². The van der Waals surface area contributed by atoms with Crippen LogP contribution in [0.2, 0.25) is 6.55 Å². The molecule has 8 aromatic rings. The van der Waals surface area contributed by atoms with Gasteiger partial charge in [-0.2, -0.15) is 0 Å². The van der Waals surface area contributed by atoms with Crippen molar-refractivity contribution < 1.29 is 0 Å². The Morgan fingerprint density at radius 2 is 1.31 bits per heavy atom. The van der Waals surface area contributed by atoms with Crippen LogP contribution in [0.25, 0.3) is 72.4 Å². The van der Waals surface area contributed by atoms with E-state index in [-0.39, 0.29) is 5.41 Å². The zero-order valence-electron chi connectivity index (χ0n) is 27.0. The standard InChI is InChI=1S/C44H31N3Si/c1-44(2)33-18-10-7-15-30(33)38-34(44)24-23-29-28-22-21-27-25-36(28)47(41(29)38)35-19-11-8-16-31(35)42-45-40(26-13-5-4-6-14-26)39-32-17-9-12-20-37(32)48(27,3)43(39)46-42/h4-25H,1-3H3. The molecule has 3 nitrogen and oxygen atoms in total.